The zero-order valence-corrected chi connectivity index (χ0v) is 11.0. The molecule has 0 bridgehead atoms. The van der Waals surface area contributed by atoms with Crippen LogP contribution in [0.5, 0.6) is 0 Å². The molecule has 18 heavy (non-hydrogen) atoms. The van der Waals surface area contributed by atoms with Crippen LogP contribution in [-0.4, -0.2) is 35.4 Å². The summed E-state index contributed by atoms with van der Waals surface area (Å²) in [5.74, 6) is 0.134. The van der Waals surface area contributed by atoms with Crippen LogP contribution < -0.4 is 11.1 Å². The van der Waals surface area contributed by atoms with Crippen molar-refractivity contribution in [2.75, 3.05) is 19.6 Å². The lowest BCUT2D eigenvalue weighted by Crippen LogP contribution is -2.28. The highest BCUT2D eigenvalue weighted by Gasteiger charge is 2.13. The van der Waals surface area contributed by atoms with Gasteiger partial charge in [-0.3, -0.25) is 9.69 Å². The summed E-state index contributed by atoms with van der Waals surface area (Å²) in [6.07, 6.45) is 0.564. The second-order valence-corrected chi connectivity index (χ2v) is 4.88. The SMILES string of the molecule is NC(=S)c1cccc(CN2CCNC(=O)CC2)c1. The molecule has 3 N–H and O–H groups in total. The number of hydrogen-bond acceptors (Lipinski definition) is 3. The highest BCUT2D eigenvalue weighted by atomic mass is 32.1. The molecule has 0 radical (unpaired) electrons. The quantitative estimate of drug-likeness (QED) is 0.786. The van der Waals surface area contributed by atoms with E-state index < -0.39 is 0 Å². The van der Waals surface area contributed by atoms with Crippen molar-refractivity contribution in [1.82, 2.24) is 10.2 Å². The number of nitrogens with zero attached hydrogens (tertiary/aromatic N) is 1. The molecule has 4 nitrogen and oxygen atoms in total. The van der Waals surface area contributed by atoms with Crippen molar-refractivity contribution in [1.29, 1.82) is 0 Å². The standard InChI is InChI=1S/C13H17N3OS/c14-13(18)11-3-1-2-10(8-11)9-16-6-4-12(17)15-5-7-16/h1-3,8H,4-7,9H2,(H2,14,18)(H,15,17). The summed E-state index contributed by atoms with van der Waals surface area (Å²) < 4.78 is 0. The molecule has 0 unspecified atom stereocenters. The lowest BCUT2D eigenvalue weighted by atomic mass is 10.1. The first kappa shape index (κ1) is 13.0. The molecule has 1 aromatic carbocycles. The van der Waals surface area contributed by atoms with Gasteiger partial charge in [-0.15, -0.1) is 0 Å². The van der Waals surface area contributed by atoms with Crippen LogP contribution >= 0.6 is 12.2 Å². The minimum atomic E-state index is 0.134. The number of carbonyl (C=O) groups excluding carboxylic acids is 1. The van der Waals surface area contributed by atoms with Gasteiger partial charge in [0, 0.05) is 38.2 Å². The van der Waals surface area contributed by atoms with Crippen LogP contribution in [0.15, 0.2) is 24.3 Å². The molecule has 1 aliphatic rings. The fourth-order valence-corrected chi connectivity index (χ4v) is 2.18. The minimum absolute atomic E-state index is 0.134. The van der Waals surface area contributed by atoms with E-state index in [9.17, 15) is 4.79 Å². The molecule has 0 saturated carbocycles. The lowest BCUT2D eigenvalue weighted by Gasteiger charge is -2.19. The maximum atomic E-state index is 11.3. The van der Waals surface area contributed by atoms with Gasteiger partial charge in [0.25, 0.3) is 0 Å². The Bertz CT molecular complexity index is 461. The average molecular weight is 263 g/mol. The lowest BCUT2D eigenvalue weighted by molar-refractivity contribution is -0.120. The maximum Gasteiger partial charge on any atom is 0.221 e. The third kappa shape index (κ3) is 3.51. The van der Waals surface area contributed by atoms with Crippen LogP contribution in [-0.2, 0) is 11.3 Å². The van der Waals surface area contributed by atoms with E-state index in [0.29, 0.717) is 18.0 Å². The third-order valence-corrected chi connectivity index (χ3v) is 3.26. The predicted molar refractivity (Wildman–Crippen MR) is 75.2 cm³/mol. The summed E-state index contributed by atoms with van der Waals surface area (Å²) in [4.78, 5) is 13.9. The molecule has 0 atom stereocenters. The van der Waals surface area contributed by atoms with Gasteiger partial charge in [0.15, 0.2) is 0 Å². The molecule has 96 valence electrons. The number of carbonyl (C=O) groups is 1. The second kappa shape index (κ2) is 5.93. The summed E-state index contributed by atoms with van der Waals surface area (Å²) in [5.41, 5.74) is 7.69. The normalized spacial score (nSPS) is 17.0. The average Bonchev–Trinajstić information content (AvgIpc) is 2.55. The van der Waals surface area contributed by atoms with Gasteiger partial charge in [0.05, 0.1) is 0 Å². The molecule has 0 aromatic heterocycles. The van der Waals surface area contributed by atoms with E-state index in [1.165, 1.54) is 5.56 Å². The molecule has 0 spiro atoms. The van der Waals surface area contributed by atoms with Crippen molar-refractivity contribution in [3.05, 3.63) is 35.4 Å². The molecular formula is C13H17N3OS. The Morgan fingerprint density at radius 1 is 1.44 bits per heavy atom. The molecule has 1 fully saturated rings. The van der Waals surface area contributed by atoms with E-state index in [1.54, 1.807) is 0 Å². The summed E-state index contributed by atoms with van der Waals surface area (Å²) >= 11 is 4.97. The topological polar surface area (TPSA) is 58.4 Å². The van der Waals surface area contributed by atoms with Gasteiger partial charge in [-0.25, -0.2) is 0 Å². The van der Waals surface area contributed by atoms with E-state index in [0.717, 1.165) is 25.2 Å². The monoisotopic (exact) mass is 263 g/mol. The predicted octanol–water partition coefficient (Wildman–Crippen LogP) is 0.643. The van der Waals surface area contributed by atoms with Gasteiger partial charge in [0.1, 0.15) is 4.99 Å². The minimum Gasteiger partial charge on any atom is -0.389 e. The van der Waals surface area contributed by atoms with E-state index in [2.05, 4.69) is 16.3 Å². The van der Waals surface area contributed by atoms with Crippen LogP contribution in [0.1, 0.15) is 17.5 Å². The second-order valence-electron chi connectivity index (χ2n) is 4.44. The van der Waals surface area contributed by atoms with Crippen molar-refractivity contribution in [2.45, 2.75) is 13.0 Å². The number of amides is 1. The number of thiocarbonyl (C=S) groups is 1. The first-order valence-corrected chi connectivity index (χ1v) is 6.44. The van der Waals surface area contributed by atoms with Gasteiger partial charge in [-0.1, -0.05) is 30.4 Å². The van der Waals surface area contributed by atoms with Crippen molar-refractivity contribution in [3.63, 3.8) is 0 Å². The Morgan fingerprint density at radius 3 is 3.06 bits per heavy atom. The largest absolute Gasteiger partial charge is 0.389 e. The van der Waals surface area contributed by atoms with Crippen molar-refractivity contribution >= 4 is 23.1 Å². The van der Waals surface area contributed by atoms with Gasteiger partial charge in [-0.05, 0) is 11.6 Å². The maximum absolute atomic E-state index is 11.3. The Hall–Kier alpha value is -1.46. The molecule has 1 aliphatic heterocycles. The van der Waals surface area contributed by atoms with Crippen LogP contribution in [0, 0.1) is 0 Å². The van der Waals surface area contributed by atoms with Crippen LogP contribution in [0.2, 0.25) is 0 Å². The molecule has 0 aliphatic carbocycles. The van der Waals surface area contributed by atoms with E-state index in [4.69, 9.17) is 18.0 Å². The number of benzene rings is 1. The summed E-state index contributed by atoms with van der Waals surface area (Å²) in [6.45, 7) is 3.21. The molecule has 5 heteroatoms. The number of nitrogens with two attached hydrogens (primary N) is 1. The van der Waals surface area contributed by atoms with E-state index in [1.807, 2.05) is 18.2 Å². The molecule has 1 heterocycles. The molecule has 1 saturated heterocycles. The number of rotatable bonds is 3. The molecule has 1 aromatic rings. The fourth-order valence-electron chi connectivity index (χ4n) is 2.05. The fraction of sp³-hybridized carbons (Fsp3) is 0.385. The van der Waals surface area contributed by atoms with Crippen molar-refractivity contribution in [2.24, 2.45) is 5.73 Å². The van der Waals surface area contributed by atoms with Crippen molar-refractivity contribution in [3.8, 4) is 0 Å². The Labute approximate surface area is 112 Å². The summed E-state index contributed by atoms with van der Waals surface area (Å²) in [6, 6.07) is 7.95. The van der Waals surface area contributed by atoms with E-state index >= 15 is 0 Å². The van der Waals surface area contributed by atoms with Gasteiger partial charge in [0.2, 0.25) is 5.91 Å². The third-order valence-electron chi connectivity index (χ3n) is 3.02. The first-order chi connectivity index (χ1) is 8.65. The van der Waals surface area contributed by atoms with Crippen LogP contribution in [0.3, 0.4) is 0 Å². The van der Waals surface area contributed by atoms with Crippen molar-refractivity contribution < 1.29 is 4.79 Å². The Morgan fingerprint density at radius 2 is 2.28 bits per heavy atom. The van der Waals surface area contributed by atoms with Gasteiger partial charge in [-0.2, -0.15) is 0 Å². The molecule has 1 amide bonds. The zero-order valence-electron chi connectivity index (χ0n) is 10.2. The molecule has 2 rings (SSSR count). The smallest absolute Gasteiger partial charge is 0.221 e. The zero-order chi connectivity index (χ0) is 13.0. The Kier molecular flexibility index (Phi) is 4.28. The van der Waals surface area contributed by atoms with Gasteiger partial charge < -0.3 is 11.1 Å². The molecular weight excluding hydrogens is 246 g/mol. The van der Waals surface area contributed by atoms with Crippen LogP contribution in [0.25, 0.3) is 0 Å². The highest BCUT2D eigenvalue weighted by molar-refractivity contribution is 7.80. The van der Waals surface area contributed by atoms with Gasteiger partial charge >= 0.3 is 0 Å². The number of hydrogen-bond donors (Lipinski definition) is 2. The van der Waals surface area contributed by atoms with E-state index in [-0.39, 0.29) is 5.91 Å². The first-order valence-electron chi connectivity index (χ1n) is 6.03. The summed E-state index contributed by atoms with van der Waals surface area (Å²) in [5, 5.41) is 2.87. The summed E-state index contributed by atoms with van der Waals surface area (Å²) in [7, 11) is 0. The number of nitrogens with one attached hydrogen (secondary N) is 1. The highest BCUT2D eigenvalue weighted by Crippen LogP contribution is 2.09. The Balaban J connectivity index is 2.02. The van der Waals surface area contributed by atoms with Crippen LogP contribution in [0.4, 0.5) is 0 Å².